The van der Waals surface area contributed by atoms with Gasteiger partial charge in [-0.2, -0.15) is 4.98 Å². The van der Waals surface area contributed by atoms with Gasteiger partial charge in [0.1, 0.15) is 0 Å². The number of H-pyrrole nitrogens is 1. The second kappa shape index (κ2) is 8.14. The SMILES string of the molecule is CC(C)C(C)(c1ccc(-c2cnc(N)nc2)cc1)c1noc(Cc2cccc(=O)[nH]2)n1. The van der Waals surface area contributed by atoms with Crippen molar-refractivity contribution in [1.29, 1.82) is 0 Å². The Bertz CT molecular complexity index is 1230. The monoisotopic (exact) mass is 416 g/mol. The van der Waals surface area contributed by atoms with E-state index < -0.39 is 5.41 Å². The van der Waals surface area contributed by atoms with Crippen LogP contribution in [0, 0.1) is 5.92 Å². The number of nitrogen functional groups attached to an aromatic ring is 1. The highest BCUT2D eigenvalue weighted by Crippen LogP contribution is 2.38. The minimum absolute atomic E-state index is 0.157. The topological polar surface area (TPSA) is 124 Å². The normalized spacial score (nSPS) is 13.3. The molecule has 8 nitrogen and oxygen atoms in total. The lowest BCUT2D eigenvalue weighted by atomic mass is 9.72. The Morgan fingerprint density at radius 3 is 2.42 bits per heavy atom. The maximum Gasteiger partial charge on any atom is 0.248 e. The Kier molecular flexibility index (Phi) is 5.37. The van der Waals surface area contributed by atoms with E-state index >= 15 is 0 Å². The highest BCUT2D eigenvalue weighted by Gasteiger charge is 2.37. The number of nitrogens with two attached hydrogens (primary N) is 1. The van der Waals surface area contributed by atoms with Crippen molar-refractivity contribution in [3.8, 4) is 11.1 Å². The molecular weight excluding hydrogens is 392 g/mol. The first-order valence-corrected chi connectivity index (χ1v) is 10.1. The molecule has 0 saturated heterocycles. The molecule has 3 heterocycles. The Balaban J connectivity index is 1.64. The summed E-state index contributed by atoms with van der Waals surface area (Å²) in [6.45, 7) is 6.37. The van der Waals surface area contributed by atoms with E-state index in [1.807, 2.05) is 18.2 Å². The molecule has 8 heteroatoms. The van der Waals surface area contributed by atoms with Crippen LogP contribution in [-0.2, 0) is 11.8 Å². The van der Waals surface area contributed by atoms with Gasteiger partial charge in [0, 0.05) is 29.7 Å². The van der Waals surface area contributed by atoms with Crippen molar-refractivity contribution < 1.29 is 4.52 Å². The molecule has 0 aliphatic heterocycles. The molecule has 4 aromatic rings. The van der Waals surface area contributed by atoms with Gasteiger partial charge in [0.25, 0.3) is 0 Å². The first-order valence-electron chi connectivity index (χ1n) is 10.1. The maximum absolute atomic E-state index is 11.5. The zero-order valence-electron chi connectivity index (χ0n) is 17.7. The average molecular weight is 416 g/mol. The summed E-state index contributed by atoms with van der Waals surface area (Å²) in [7, 11) is 0. The third-order valence-corrected chi connectivity index (χ3v) is 5.75. The van der Waals surface area contributed by atoms with E-state index in [-0.39, 0.29) is 17.4 Å². The summed E-state index contributed by atoms with van der Waals surface area (Å²) in [6.07, 6.45) is 3.78. The highest BCUT2D eigenvalue weighted by molar-refractivity contribution is 5.62. The van der Waals surface area contributed by atoms with Crippen molar-refractivity contribution in [2.75, 3.05) is 5.73 Å². The molecule has 0 radical (unpaired) electrons. The van der Waals surface area contributed by atoms with Gasteiger partial charge in [0.2, 0.25) is 17.4 Å². The predicted octanol–water partition coefficient (Wildman–Crippen LogP) is 3.35. The van der Waals surface area contributed by atoms with Crippen LogP contribution in [0.2, 0.25) is 0 Å². The molecule has 1 aromatic carbocycles. The number of hydrogen-bond donors (Lipinski definition) is 2. The van der Waals surface area contributed by atoms with Crippen LogP contribution in [0.15, 0.2) is 64.2 Å². The molecule has 3 aromatic heterocycles. The van der Waals surface area contributed by atoms with Gasteiger partial charge in [-0.1, -0.05) is 49.3 Å². The summed E-state index contributed by atoms with van der Waals surface area (Å²) in [5.74, 6) is 1.53. The number of aromatic amines is 1. The van der Waals surface area contributed by atoms with E-state index in [0.717, 1.165) is 22.4 Å². The number of nitrogens with zero attached hydrogens (tertiary/aromatic N) is 4. The van der Waals surface area contributed by atoms with E-state index in [1.165, 1.54) is 6.07 Å². The molecule has 158 valence electrons. The summed E-state index contributed by atoms with van der Waals surface area (Å²) in [4.78, 5) is 27.1. The molecule has 0 bridgehead atoms. The molecule has 1 unspecified atom stereocenters. The molecule has 0 amide bonds. The predicted molar refractivity (Wildman–Crippen MR) is 117 cm³/mol. The molecular formula is C23H24N6O2. The summed E-state index contributed by atoms with van der Waals surface area (Å²) in [5.41, 5.74) is 8.66. The molecule has 3 N–H and O–H groups in total. The Hall–Kier alpha value is -3.81. The van der Waals surface area contributed by atoms with Gasteiger partial charge < -0.3 is 15.2 Å². The number of benzene rings is 1. The number of rotatable bonds is 6. The molecule has 1 atom stereocenters. The van der Waals surface area contributed by atoms with Crippen molar-refractivity contribution in [2.45, 2.75) is 32.6 Å². The van der Waals surface area contributed by atoms with Crippen LogP contribution in [0.4, 0.5) is 5.95 Å². The summed E-state index contributed by atoms with van der Waals surface area (Å²) >= 11 is 0. The summed E-state index contributed by atoms with van der Waals surface area (Å²) in [6, 6.07) is 13.2. The van der Waals surface area contributed by atoms with E-state index in [0.29, 0.717) is 18.1 Å². The van der Waals surface area contributed by atoms with Crippen molar-refractivity contribution >= 4 is 5.95 Å². The maximum atomic E-state index is 11.5. The van der Waals surface area contributed by atoms with Crippen molar-refractivity contribution in [3.63, 3.8) is 0 Å². The average Bonchev–Trinajstić information content (AvgIpc) is 3.22. The van der Waals surface area contributed by atoms with Crippen LogP contribution in [0.3, 0.4) is 0 Å². The third-order valence-electron chi connectivity index (χ3n) is 5.75. The van der Waals surface area contributed by atoms with Gasteiger partial charge in [-0.05, 0) is 30.0 Å². The molecule has 31 heavy (non-hydrogen) atoms. The second-order valence-corrected chi connectivity index (χ2v) is 7.99. The Morgan fingerprint density at radius 1 is 1.06 bits per heavy atom. The van der Waals surface area contributed by atoms with Gasteiger partial charge in [-0.15, -0.1) is 0 Å². The van der Waals surface area contributed by atoms with E-state index in [4.69, 9.17) is 10.3 Å². The molecule has 4 rings (SSSR count). The second-order valence-electron chi connectivity index (χ2n) is 7.99. The first-order chi connectivity index (χ1) is 14.9. The van der Waals surface area contributed by atoms with Gasteiger partial charge in [-0.3, -0.25) is 4.79 Å². The van der Waals surface area contributed by atoms with Crippen LogP contribution >= 0.6 is 0 Å². The van der Waals surface area contributed by atoms with Crippen molar-refractivity contribution in [1.82, 2.24) is 25.1 Å². The number of pyridine rings is 1. The van der Waals surface area contributed by atoms with Gasteiger partial charge in [-0.25, -0.2) is 9.97 Å². The number of nitrogens with one attached hydrogen (secondary N) is 1. The lowest BCUT2D eigenvalue weighted by Gasteiger charge is -2.31. The molecule has 0 saturated carbocycles. The first kappa shape index (κ1) is 20.5. The minimum atomic E-state index is -0.456. The molecule has 0 aliphatic rings. The van der Waals surface area contributed by atoms with E-state index in [1.54, 1.807) is 18.5 Å². The number of hydrogen-bond acceptors (Lipinski definition) is 7. The quantitative estimate of drug-likeness (QED) is 0.494. The van der Waals surface area contributed by atoms with Gasteiger partial charge in [0.15, 0.2) is 5.82 Å². The molecule has 0 aliphatic carbocycles. The fraction of sp³-hybridized carbons (Fsp3) is 0.261. The van der Waals surface area contributed by atoms with Crippen molar-refractivity contribution in [3.05, 3.63) is 88.2 Å². The standard InChI is InChI=1S/C23H24N6O2/c1-14(2)23(3,17-9-7-15(8-10-17)16-12-25-22(24)26-13-16)21-28-20(31-29-21)11-18-5-4-6-19(30)27-18/h4-10,12-14H,11H2,1-3H3,(H,27,30)(H2,24,25,26). The van der Waals surface area contributed by atoms with E-state index in [2.05, 4.69) is 58.0 Å². The number of anilines is 1. The summed E-state index contributed by atoms with van der Waals surface area (Å²) in [5, 5.41) is 4.28. The molecule has 0 fully saturated rings. The third kappa shape index (κ3) is 4.09. The molecule has 0 spiro atoms. The minimum Gasteiger partial charge on any atom is -0.368 e. The van der Waals surface area contributed by atoms with Crippen LogP contribution in [0.25, 0.3) is 11.1 Å². The zero-order valence-corrected chi connectivity index (χ0v) is 17.7. The van der Waals surface area contributed by atoms with Crippen LogP contribution in [0.5, 0.6) is 0 Å². The fourth-order valence-corrected chi connectivity index (χ4v) is 3.51. The van der Waals surface area contributed by atoms with Crippen LogP contribution in [-0.4, -0.2) is 25.1 Å². The Morgan fingerprint density at radius 2 is 1.77 bits per heavy atom. The van der Waals surface area contributed by atoms with Crippen LogP contribution in [0.1, 0.15) is 43.7 Å². The van der Waals surface area contributed by atoms with Crippen LogP contribution < -0.4 is 11.3 Å². The van der Waals surface area contributed by atoms with E-state index in [9.17, 15) is 4.79 Å². The Labute approximate surface area is 179 Å². The summed E-state index contributed by atoms with van der Waals surface area (Å²) < 4.78 is 5.52. The zero-order chi connectivity index (χ0) is 22.0. The highest BCUT2D eigenvalue weighted by atomic mass is 16.5. The smallest absolute Gasteiger partial charge is 0.248 e. The lowest BCUT2D eigenvalue weighted by molar-refractivity contribution is 0.338. The lowest BCUT2D eigenvalue weighted by Crippen LogP contribution is -2.31. The van der Waals surface area contributed by atoms with Crippen molar-refractivity contribution in [2.24, 2.45) is 5.92 Å². The fourth-order valence-electron chi connectivity index (χ4n) is 3.51. The number of aromatic nitrogens is 5. The largest absolute Gasteiger partial charge is 0.368 e. The van der Waals surface area contributed by atoms with Gasteiger partial charge >= 0.3 is 0 Å². The van der Waals surface area contributed by atoms with Gasteiger partial charge in [0.05, 0.1) is 11.8 Å².